The third kappa shape index (κ3) is 7.80. The van der Waals surface area contributed by atoms with Crippen LogP contribution < -0.4 is 19.6 Å². The van der Waals surface area contributed by atoms with Gasteiger partial charge in [-0.1, -0.05) is 52.3 Å². The van der Waals surface area contributed by atoms with E-state index < -0.39 is 0 Å². The minimum atomic E-state index is -0.384. The lowest BCUT2D eigenvalue weighted by molar-refractivity contribution is -0.123. The van der Waals surface area contributed by atoms with Crippen molar-refractivity contribution in [2.75, 3.05) is 13.7 Å². The molecule has 3 rings (SSSR count). The predicted molar refractivity (Wildman–Crippen MR) is 133 cm³/mol. The van der Waals surface area contributed by atoms with E-state index in [1.165, 1.54) is 0 Å². The van der Waals surface area contributed by atoms with Gasteiger partial charge in [0.2, 0.25) is 0 Å². The number of carbonyl (C=O) groups is 1. The number of nitrogens with zero attached hydrogens (tertiary/aromatic N) is 1. The molecule has 0 aliphatic heterocycles. The van der Waals surface area contributed by atoms with Crippen LogP contribution in [-0.2, 0) is 17.8 Å². The van der Waals surface area contributed by atoms with Crippen LogP contribution in [-0.4, -0.2) is 25.8 Å². The number of ether oxygens (including phenoxy) is 3. The summed E-state index contributed by atoms with van der Waals surface area (Å²) in [5.41, 5.74) is 5.36. The average Bonchev–Trinajstić information content (AvgIpc) is 2.82. The molecule has 3 aromatic carbocycles. The van der Waals surface area contributed by atoms with Crippen LogP contribution in [0.1, 0.15) is 16.7 Å². The molecule has 1 amide bonds. The van der Waals surface area contributed by atoms with Crippen LogP contribution in [0.3, 0.4) is 0 Å². The second-order valence-corrected chi connectivity index (χ2v) is 7.97. The van der Waals surface area contributed by atoms with Gasteiger partial charge in [0, 0.05) is 4.47 Å². The summed E-state index contributed by atoms with van der Waals surface area (Å²) in [7, 11) is 1.56. The summed E-state index contributed by atoms with van der Waals surface area (Å²) >= 11 is 3.45. The van der Waals surface area contributed by atoms with Crippen LogP contribution >= 0.6 is 15.9 Å². The number of rotatable bonds is 11. The molecule has 0 heterocycles. The van der Waals surface area contributed by atoms with Gasteiger partial charge in [-0.15, -0.1) is 6.58 Å². The Balaban J connectivity index is 1.49. The molecule has 0 fully saturated rings. The molecular weight excluding hydrogens is 484 g/mol. The van der Waals surface area contributed by atoms with E-state index >= 15 is 0 Å². The average molecular weight is 509 g/mol. The molecule has 0 unspecified atom stereocenters. The Kier molecular flexibility index (Phi) is 9.08. The number of allylic oxidation sites excluding steroid dienone is 1. The van der Waals surface area contributed by atoms with Gasteiger partial charge in [-0.3, -0.25) is 4.79 Å². The van der Waals surface area contributed by atoms with Crippen molar-refractivity contribution in [2.24, 2.45) is 5.10 Å². The molecule has 0 saturated carbocycles. The van der Waals surface area contributed by atoms with E-state index in [-0.39, 0.29) is 12.5 Å². The van der Waals surface area contributed by atoms with E-state index in [0.717, 1.165) is 27.6 Å². The Hall–Kier alpha value is -3.58. The maximum Gasteiger partial charge on any atom is 0.277 e. The lowest BCUT2D eigenvalue weighted by Gasteiger charge is -2.11. The van der Waals surface area contributed by atoms with E-state index in [9.17, 15) is 4.79 Å². The van der Waals surface area contributed by atoms with Crippen molar-refractivity contribution >= 4 is 28.1 Å². The monoisotopic (exact) mass is 508 g/mol. The first kappa shape index (κ1) is 24.1. The number of nitrogens with one attached hydrogen (secondary N) is 1. The van der Waals surface area contributed by atoms with Crippen molar-refractivity contribution in [3.8, 4) is 17.2 Å². The van der Waals surface area contributed by atoms with E-state index in [1.54, 1.807) is 19.4 Å². The minimum Gasteiger partial charge on any atom is -0.493 e. The van der Waals surface area contributed by atoms with E-state index in [4.69, 9.17) is 14.2 Å². The van der Waals surface area contributed by atoms with Gasteiger partial charge in [-0.05, 0) is 59.5 Å². The highest BCUT2D eigenvalue weighted by Crippen LogP contribution is 2.28. The van der Waals surface area contributed by atoms with E-state index in [2.05, 4.69) is 33.0 Å². The lowest BCUT2D eigenvalue weighted by Crippen LogP contribution is -2.24. The van der Waals surface area contributed by atoms with Crippen molar-refractivity contribution in [3.05, 3.63) is 101 Å². The maximum atomic E-state index is 12.1. The minimum absolute atomic E-state index is 0.190. The summed E-state index contributed by atoms with van der Waals surface area (Å²) in [6.07, 6.45) is 4.08. The van der Waals surface area contributed by atoms with Gasteiger partial charge in [-0.2, -0.15) is 5.10 Å². The summed E-state index contributed by atoms with van der Waals surface area (Å²) < 4.78 is 17.7. The molecule has 6 nitrogen and oxygen atoms in total. The maximum absolute atomic E-state index is 12.1. The number of hydrogen-bond donors (Lipinski definition) is 1. The zero-order valence-corrected chi connectivity index (χ0v) is 19.9. The summed E-state index contributed by atoms with van der Waals surface area (Å²) in [4.78, 5) is 12.1. The number of carbonyl (C=O) groups excluding carboxylic acids is 1. The second kappa shape index (κ2) is 12.5. The molecule has 33 heavy (non-hydrogen) atoms. The second-order valence-electron chi connectivity index (χ2n) is 7.05. The molecule has 0 radical (unpaired) electrons. The van der Waals surface area contributed by atoms with Gasteiger partial charge in [0.05, 0.1) is 13.3 Å². The molecule has 0 aromatic heterocycles. The Morgan fingerprint density at radius 2 is 1.88 bits per heavy atom. The fraction of sp³-hybridized carbons (Fsp3) is 0.154. The van der Waals surface area contributed by atoms with Gasteiger partial charge in [0.15, 0.2) is 18.1 Å². The summed E-state index contributed by atoms with van der Waals surface area (Å²) in [6.45, 7) is 3.99. The smallest absolute Gasteiger partial charge is 0.277 e. The van der Waals surface area contributed by atoms with Crippen molar-refractivity contribution in [1.29, 1.82) is 0 Å². The standard InChI is InChI=1S/C26H25BrN2O4/c1-3-6-19-11-12-24(25(15-19)31-2)33-18-26(30)29-28-16-20-7-5-10-23(14-20)32-17-21-8-4-9-22(27)13-21/h3-5,7-16H,1,6,17-18H2,2H3,(H,29,30)/b28-16-. The van der Waals surface area contributed by atoms with Crippen molar-refractivity contribution in [3.63, 3.8) is 0 Å². The first-order valence-electron chi connectivity index (χ1n) is 10.3. The summed E-state index contributed by atoms with van der Waals surface area (Å²) in [5, 5.41) is 4.00. The highest BCUT2D eigenvalue weighted by Gasteiger charge is 2.08. The first-order valence-corrected chi connectivity index (χ1v) is 11.1. The lowest BCUT2D eigenvalue weighted by atomic mass is 10.1. The van der Waals surface area contributed by atoms with Gasteiger partial charge >= 0.3 is 0 Å². The van der Waals surface area contributed by atoms with Crippen LogP contribution in [0, 0.1) is 0 Å². The third-order valence-corrected chi connectivity index (χ3v) is 5.02. The number of amides is 1. The fourth-order valence-corrected chi connectivity index (χ4v) is 3.40. The molecule has 0 aliphatic carbocycles. The molecule has 170 valence electrons. The van der Waals surface area contributed by atoms with E-state index in [1.807, 2.05) is 66.7 Å². The number of halogens is 1. The zero-order valence-electron chi connectivity index (χ0n) is 18.3. The number of hydrogen-bond acceptors (Lipinski definition) is 5. The molecule has 0 saturated heterocycles. The number of benzene rings is 3. The normalized spacial score (nSPS) is 10.6. The molecule has 0 bridgehead atoms. The molecule has 0 atom stereocenters. The topological polar surface area (TPSA) is 69.2 Å². The molecule has 0 aliphatic rings. The van der Waals surface area contributed by atoms with Crippen LogP contribution in [0.15, 0.2) is 89.0 Å². The molecular formula is C26H25BrN2O4. The Labute approximate surface area is 202 Å². The van der Waals surface area contributed by atoms with Crippen LogP contribution in [0.4, 0.5) is 0 Å². The Morgan fingerprint density at radius 3 is 2.67 bits per heavy atom. The molecule has 3 aromatic rings. The van der Waals surface area contributed by atoms with Crippen molar-refractivity contribution < 1.29 is 19.0 Å². The van der Waals surface area contributed by atoms with Crippen molar-refractivity contribution in [1.82, 2.24) is 5.43 Å². The highest BCUT2D eigenvalue weighted by molar-refractivity contribution is 9.10. The largest absolute Gasteiger partial charge is 0.493 e. The van der Waals surface area contributed by atoms with Gasteiger partial charge in [0.25, 0.3) is 5.91 Å². The SMILES string of the molecule is C=CCc1ccc(OCC(=O)N/N=C\c2cccc(OCc3cccc(Br)c3)c2)c(OC)c1. The third-order valence-electron chi connectivity index (χ3n) is 4.52. The number of hydrazone groups is 1. The zero-order chi connectivity index (χ0) is 23.5. The fourth-order valence-electron chi connectivity index (χ4n) is 2.96. The Morgan fingerprint density at radius 1 is 1.03 bits per heavy atom. The van der Waals surface area contributed by atoms with E-state index in [0.29, 0.717) is 23.9 Å². The summed E-state index contributed by atoms with van der Waals surface area (Å²) in [6, 6.07) is 20.9. The first-order chi connectivity index (χ1) is 16.1. The molecule has 7 heteroatoms. The van der Waals surface area contributed by atoms with Gasteiger partial charge < -0.3 is 14.2 Å². The van der Waals surface area contributed by atoms with Crippen LogP contribution in [0.5, 0.6) is 17.2 Å². The molecule has 1 N–H and O–H groups in total. The van der Waals surface area contributed by atoms with Gasteiger partial charge in [0.1, 0.15) is 12.4 Å². The molecule has 0 spiro atoms. The predicted octanol–water partition coefficient (Wildman–Crippen LogP) is 5.29. The summed E-state index contributed by atoms with van der Waals surface area (Å²) in [5.74, 6) is 1.37. The van der Waals surface area contributed by atoms with Crippen LogP contribution in [0.2, 0.25) is 0 Å². The highest BCUT2D eigenvalue weighted by atomic mass is 79.9. The van der Waals surface area contributed by atoms with Gasteiger partial charge in [-0.25, -0.2) is 5.43 Å². The quantitative estimate of drug-likeness (QED) is 0.217. The van der Waals surface area contributed by atoms with Crippen molar-refractivity contribution in [2.45, 2.75) is 13.0 Å². The Bertz CT molecular complexity index is 1130. The van der Waals surface area contributed by atoms with Crippen LogP contribution in [0.25, 0.3) is 0 Å². The number of methoxy groups -OCH3 is 1.